The zero-order chi connectivity index (χ0) is 15.2. The van der Waals surface area contributed by atoms with Gasteiger partial charge in [-0.15, -0.1) is 0 Å². The molecule has 4 nitrogen and oxygen atoms in total. The van der Waals surface area contributed by atoms with E-state index in [0.29, 0.717) is 25.3 Å². The SMILES string of the molecule is COCCC(C)(C)CNCc1cc(C(=O)O)ccc1F. The third-order valence-corrected chi connectivity index (χ3v) is 3.19. The van der Waals surface area contributed by atoms with E-state index < -0.39 is 11.8 Å². The lowest BCUT2D eigenvalue weighted by Crippen LogP contribution is -2.30. The third kappa shape index (κ3) is 5.27. The van der Waals surface area contributed by atoms with Crippen molar-refractivity contribution in [2.24, 2.45) is 5.41 Å². The second-order valence-corrected chi connectivity index (χ2v) is 5.62. The first kappa shape index (κ1) is 16.6. The maximum atomic E-state index is 13.6. The summed E-state index contributed by atoms with van der Waals surface area (Å²) in [5.74, 6) is -1.44. The molecule has 112 valence electrons. The summed E-state index contributed by atoms with van der Waals surface area (Å²) in [6, 6.07) is 3.83. The number of hydrogen-bond donors (Lipinski definition) is 2. The van der Waals surface area contributed by atoms with Crippen molar-refractivity contribution in [1.82, 2.24) is 5.32 Å². The number of carbonyl (C=O) groups is 1. The summed E-state index contributed by atoms with van der Waals surface area (Å²) < 4.78 is 18.7. The highest BCUT2D eigenvalue weighted by molar-refractivity contribution is 5.87. The second kappa shape index (κ2) is 7.36. The number of hydrogen-bond acceptors (Lipinski definition) is 3. The number of ether oxygens (including phenoxy) is 1. The number of rotatable bonds is 8. The molecular weight excluding hydrogens is 261 g/mol. The van der Waals surface area contributed by atoms with Crippen molar-refractivity contribution in [2.45, 2.75) is 26.8 Å². The molecule has 0 amide bonds. The zero-order valence-corrected chi connectivity index (χ0v) is 12.2. The van der Waals surface area contributed by atoms with E-state index in [-0.39, 0.29) is 11.0 Å². The van der Waals surface area contributed by atoms with Gasteiger partial charge >= 0.3 is 5.97 Å². The zero-order valence-electron chi connectivity index (χ0n) is 12.2. The molecule has 0 heterocycles. The van der Waals surface area contributed by atoms with Crippen molar-refractivity contribution < 1.29 is 19.0 Å². The van der Waals surface area contributed by atoms with E-state index in [0.717, 1.165) is 6.42 Å². The Morgan fingerprint density at radius 1 is 1.45 bits per heavy atom. The highest BCUT2D eigenvalue weighted by atomic mass is 19.1. The van der Waals surface area contributed by atoms with Gasteiger partial charge in [-0.2, -0.15) is 0 Å². The molecule has 0 radical (unpaired) electrons. The van der Waals surface area contributed by atoms with Gasteiger partial charge in [0, 0.05) is 32.4 Å². The normalized spacial score (nSPS) is 11.6. The second-order valence-electron chi connectivity index (χ2n) is 5.62. The molecule has 0 saturated carbocycles. The molecule has 0 fully saturated rings. The van der Waals surface area contributed by atoms with Gasteiger partial charge in [0.25, 0.3) is 0 Å². The van der Waals surface area contributed by atoms with E-state index >= 15 is 0 Å². The molecule has 1 aromatic rings. The molecule has 0 unspecified atom stereocenters. The predicted octanol–water partition coefficient (Wildman–Crippen LogP) is 2.68. The van der Waals surface area contributed by atoms with Crippen LogP contribution in [0.2, 0.25) is 0 Å². The van der Waals surface area contributed by atoms with Crippen LogP contribution in [0.25, 0.3) is 0 Å². The minimum absolute atomic E-state index is 0.0386. The number of methoxy groups -OCH3 is 1. The summed E-state index contributed by atoms with van der Waals surface area (Å²) in [5.41, 5.74) is 0.506. The van der Waals surface area contributed by atoms with Crippen LogP contribution < -0.4 is 5.32 Å². The number of benzene rings is 1. The van der Waals surface area contributed by atoms with E-state index in [1.165, 1.54) is 18.2 Å². The number of carboxylic acids is 1. The first-order valence-corrected chi connectivity index (χ1v) is 6.57. The van der Waals surface area contributed by atoms with Gasteiger partial charge in [0.15, 0.2) is 0 Å². The molecule has 0 atom stereocenters. The van der Waals surface area contributed by atoms with Crippen molar-refractivity contribution in [3.8, 4) is 0 Å². The Morgan fingerprint density at radius 3 is 2.75 bits per heavy atom. The minimum Gasteiger partial charge on any atom is -0.478 e. The van der Waals surface area contributed by atoms with Crippen LogP contribution in [0.15, 0.2) is 18.2 Å². The number of carboxylic acid groups (broad SMARTS) is 1. The quantitative estimate of drug-likeness (QED) is 0.770. The lowest BCUT2D eigenvalue weighted by molar-refractivity contribution is 0.0696. The molecule has 0 aliphatic heterocycles. The molecule has 0 aliphatic rings. The topological polar surface area (TPSA) is 58.6 Å². The van der Waals surface area contributed by atoms with Gasteiger partial charge in [-0.05, 0) is 30.0 Å². The maximum Gasteiger partial charge on any atom is 0.335 e. The van der Waals surface area contributed by atoms with Crippen LogP contribution in [0.3, 0.4) is 0 Å². The van der Waals surface area contributed by atoms with Gasteiger partial charge in [0.1, 0.15) is 5.82 Å². The van der Waals surface area contributed by atoms with Crippen molar-refractivity contribution >= 4 is 5.97 Å². The van der Waals surface area contributed by atoms with Crippen LogP contribution in [-0.4, -0.2) is 31.3 Å². The van der Waals surface area contributed by atoms with Crippen molar-refractivity contribution in [3.63, 3.8) is 0 Å². The minimum atomic E-state index is -1.05. The van der Waals surface area contributed by atoms with Gasteiger partial charge in [-0.3, -0.25) is 0 Å². The van der Waals surface area contributed by atoms with Crippen molar-refractivity contribution in [1.29, 1.82) is 0 Å². The first-order chi connectivity index (χ1) is 9.35. The molecule has 0 aliphatic carbocycles. The lowest BCUT2D eigenvalue weighted by atomic mass is 9.89. The van der Waals surface area contributed by atoms with E-state index in [4.69, 9.17) is 9.84 Å². The molecule has 0 spiro atoms. The van der Waals surface area contributed by atoms with E-state index in [1.807, 2.05) is 0 Å². The number of halogens is 1. The van der Waals surface area contributed by atoms with Crippen LogP contribution in [0.1, 0.15) is 36.2 Å². The number of aromatic carboxylic acids is 1. The summed E-state index contributed by atoms with van der Waals surface area (Å²) in [5, 5.41) is 12.1. The van der Waals surface area contributed by atoms with Gasteiger partial charge in [-0.1, -0.05) is 13.8 Å². The highest BCUT2D eigenvalue weighted by Gasteiger charge is 2.17. The van der Waals surface area contributed by atoms with Crippen LogP contribution in [0.4, 0.5) is 4.39 Å². The summed E-state index contributed by atoms with van der Waals surface area (Å²) in [7, 11) is 1.66. The predicted molar refractivity (Wildman–Crippen MR) is 75.3 cm³/mol. The molecule has 0 saturated heterocycles. The number of nitrogens with one attached hydrogen (secondary N) is 1. The fourth-order valence-corrected chi connectivity index (χ4v) is 1.85. The van der Waals surface area contributed by atoms with Crippen molar-refractivity contribution in [2.75, 3.05) is 20.3 Å². The van der Waals surface area contributed by atoms with Gasteiger partial charge in [0.05, 0.1) is 5.56 Å². The molecule has 1 rings (SSSR count). The Balaban J connectivity index is 2.57. The Labute approximate surface area is 119 Å². The third-order valence-electron chi connectivity index (χ3n) is 3.19. The van der Waals surface area contributed by atoms with Gasteiger partial charge in [0.2, 0.25) is 0 Å². The molecule has 5 heteroatoms. The average molecular weight is 283 g/mol. The summed E-state index contributed by atoms with van der Waals surface area (Å²) >= 11 is 0. The first-order valence-electron chi connectivity index (χ1n) is 6.57. The van der Waals surface area contributed by atoms with Gasteiger partial charge < -0.3 is 15.2 Å². The molecule has 2 N–H and O–H groups in total. The van der Waals surface area contributed by atoms with Crippen LogP contribution in [-0.2, 0) is 11.3 Å². The monoisotopic (exact) mass is 283 g/mol. The van der Waals surface area contributed by atoms with Crippen LogP contribution in [0, 0.1) is 11.2 Å². The van der Waals surface area contributed by atoms with Crippen molar-refractivity contribution in [3.05, 3.63) is 35.1 Å². The largest absolute Gasteiger partial charge is 0.478 e. The molecular formula is C15H22FNO3. The smallest absolute Gasteiger partial charge is 0.335 e. The Morgan fingerprint density at radius 2 is 2.15 bits per heavy atom. The summed E-state index contributed by atoms with van der Waals surface area (Å²) in [6.07, 6.45) is 0.897. The highest BCUT2D eigenvalue weighted by Crippen LogP contribution is 2.19. The van der Waals surface area contributed by atoms with E-state index in [9.17, 15) is 9.18 Å². The lowest BCUT2D eigenvalue weighted by Gasteiger charge is -2.24. The van der Waals surface area contributed by atoms with Crippen LogP contribution >= 0.6 is 0 Å². The van der Waals surface area contributed by atoms with Gasteiger partial charge in [-0.25, -0.2) is 9.18 Å². The Hall–Kier alpha value is -1.46. The summed E-state index contributed by atoms with van der Waals surface area (Å²) in [6.45, 7) is 5.89. The molecule has 0 bridgehead atoms. The standard InChI is InChI=1S/C15H22FNO3/c1-15(2,6-7-20-3)10-17-9-12-8-11(14(18)19)4-5-13(12)16/h4-5,8,17H,6-7,9-10H2,1-3H3,(H,18,19). The maximum absolute atomic E-state index is 13.6. The van der Waals surface area contributed by atoms with E-state index in [2.05, 4.69) is 19.2 Å². The molecule has 0 aromatic heterocycles. The Bertz CT molecular complexity index is 460. The summed E-state index contributed by atoms with van der Waals surface area (Å²) in [4.78, 5) is 10.9. The van der Waals surface area contributed by atoms with Crippen LogP contribution in [0.5, 0.6) is 0 Å². The fourth-order valence-electron chi connectivity index (χ4n) is 1.85. The molecule has 20 heavy (non-hydrogen) atoms. The average Bonchev–Trinajstić information content (AvgIpc) is 2.38. The van der Waals surface area contributed by atoms with E-state index in [1.54, 1.807) is 7.11 Å². The molecule has 1 aromatic carbocycles. The Kier molecular flexibility index (Phi) is 6.10. The fraction of sp³-hybridized carbons (Fsp3) is 0.533.